The van der Waals surface area contributed by atoms with Crippen LogP contribution < -0.4 is 5.32 Å². The average molecular weight is 306 g/mol. The van der Waals surface area contributed by atoms with E-state index in [9.17, 15) is 13.2 Å². The van der Waals surface area contributed by atoms with Crippen LogP contribution in [0.3, 0.4) is 0 Å². The van der Waals surface area contributed by atoms with Crippen LogP contribution in [0.5, 0.6) is 0 Å². The number of nitrogens with zero attached hydrogens (tertiary/aromatic N) is 1. The zero-order valence-electron chi connectivity index (χ0n) is 12.4. The second-order valence-electron chi connectivity index (χ2n) is 4.96. The van der Waals surface area contributed by atoms with Gasteiger partial charge in [-0.2, -0.15) is 4.31 Å². The van der Waals surface area contributed by atoms with Gasteiger partial charge in [-0.05, 0) is 39.3 Å². The summed E-state index contributed by atoms with van der Waals surface area (Å²) in [5.74, 6) is -0.603. The number of ether oxygens (including phenoxy) is 1. The molecule has 0 atom stereocenters. The molecule has 1 saturated heterocycles. The molecule has 0 aromatic carbocycles. The summed E-state index contributed by atoms with van der Waals surface area (Å²) in [6.45, 7) is 6.18. The van der Waals surface area contributed by atoms with Gasteiger partial charge in [0.05, 0.1) is 18.8 Å². The molecular weight excluding hydrogens is 280 g/mol. The number of carbonyl (C=O) groups excluding carboxylic acids is 1. The van der Waals surface area contributed by atoms with Crippen LogP contribution in [-0.2, 0) is 19.6 Å². The van der Waals surface area contributed by atoms with Crippen LogP contribution in [0, 0.1) is 0 Å². The van der Waals surface area contributed by atoms with E-state index >= 15 is 0 Å². The van der Waals surface area contributed by atoms with Crippen LogP contribution in [0.25, 0.3) is 0 Å². The number of piperidine rings is 1. The summed E-state index contributed by atoms with van der Waals surface area (Å²) >= 11 is 0. The first-order valence-electron chi connectivity index (χ1n) is 7.37. The Morgan fingerprint density at radius 1 is 1.30 bits per heavy atom. The molecule has 6 nitrogen and oxygen atoms in total. The maximum Gasteiger partial charge on any atom is 0.306 e. The van der Waals surface area contributed by atoms with Crippen molar-refractivity contribution >= 4 is 16.0 Å². The molecule has 0 radical (unpaired) electrons. The molecule has 0 bridgehead atoms. The van der Waals surface area contributed by atoms with Crippen molar-refractivity contribution in [3.63, 3.8) is 0 Å². The fourth-order valence-corrected chi connectivity index (χ4v) is 4.21. The average Bonchev–Trinajstić information content (AvgIpc) is 2.44. The van der Waals surface area contributed by atoms with Crippen molar-refractivity contribution in [1.82, 2.24) is 9.62 Å². The molecule has 7 heteroatoms. The van der Waals surface area contributed by atoms with Gasteiger partial charge >= 0.3 is 5.97 Å². The molecule has 1 aliphatic heterocycles. The minimum Gasteiger partial charge on any atom is -0.466 e. The SMILES string of the molecule is CCCN(C1CCNCC1)S(=O)(=O)CCC(=O)OCC. The lowest BCUT2D eigenvalue weighted by molar-refractivity contribution is -0.142. The minimum absolute atomic E-state index is 0.0587. The van der Waals surface area contributed by atoms with Gasteiger partial charge in [0.25, 0.3) is 0 Å². The standard InChI is InChI=1S/C13H26N2O4S/c1-3-10-15(12-5-8-14-9-6-12)20(17,18)11-7-13(16)19-4-2/h12,14H,3-11H2,1-2H3. The predicted octanol–water partition coefficient (Wildman–Crippen LogP) is 0.733. The second-order valence-corrected chi connectivity index (χ2v) is 7.00. The van der Waals surface area contributed by atoms with Crippen LogP contribution in [0.2, 0.25) is 0 Å². The summed E-state index contributed by atoms with van der Waals surface area (Å²) in [5.41, 5.74) is 0. The van der Waals surface area contributed by atoms with E-state index in [-0.39, 0.29) is 24.8 Å². The van der Waals surface area contributed by atoms with Crippen molar-refractivity contribution in [1.29, 1.82) is 0 Å². The number of hydrogen-bond donors (Lipinski definition) is 1. The molecule has 0 aliphatic carbocycles. The van der Waals surface area contributed by atoms with E-state index in [4.69, 9.17) is 4.74 Å². The number of rotatable bonds is 8. The highest BCUT2D eigenvalue weighted by Gasteiger charge is 2.30. The first kappa shape index (κ1) is 17.4. The number of nitrogens with one attached hydrogen (secondary N) is 1. The first-order chi connectivity index (χ1) is 9.51. The third kappa shape index (κ3) is 5.38. The number of esters is 1. The lowest BCUT2D eigenvalue weighted by Crippen LogP contribution is -2.47. The topological polar surface area (TPSA) is 75.7 Å². The lowest BCUT2D eigenvalue weighted by atomic mass is 10.1. The Hall–Kier alpha value is -0.660. The Bertz CT molecular complexity index is 391. The predicted molar refractivity (Wildman–Crippen MR) is 77.9 cm³/mol. The molecule has 0 saturated carbocycles. The van der Waals surface area contributed by atoms with Crippen molar-refractivity contribution in [3.05, 3.63) is 0 Å². The summed E-state index contributed by atoms with van der Waals surface area (Å²) in [6.07, 6.45) is 2.38. The largest absolute Gasteiger partial charge is 0.466 e. The molecule has 1 aliphatic rings. The highest BCUT2D eigenvalue weighted by molar-refractivity contribution is 7.89. The molecule has 0 aromatic rings. The number of sulfonamides is 1. The Balaban J connectivity index is 2.65. The van der Waals surface area contributed by atoms with E-state index in [2.05, 4.69) is 5.32 Å². The van der Waals surface area contributed by atoms with E-state index in [1.54, 1.807) is 11.2 Å². The molecule has 0 amide bonds. The molecule has 0 unspecified atom stereocenters. The van der Waals surface area contributed by atoms with Gasteiger partial charge in [0.15, 0.2) is 0 Å². The van der Waals surface area contributed by atoms with Gasteiger partial charge < -0.3 is 10.1 Å². The van der Waals surface area contributed by atoms with Crippen LogP contribution in [-0.4, -0.2) is 56.7 Å². The number of carbonyl (C=O) groups is 1. The smallest absolute Gasteiger partial charge is 0.306 e. The highest BCUT2D eigenvalue weighted by atomic mass is 32.2. The van der Waals surface area contributed by atoms with Crippen LogP contribution >= 0.6 is 0 Å². The summed E-state index contributed by atoms with van der Waals surface area (Å²) in [7, 11) is -3.39. The van der Waals surface area contributed by atoms with Gasteiger partial charge in [-0.3, -0.25) is 4.79 Å². The van der Waals surface area contributed by atoms with E-state index in [1.807, 2.05) is 6.92 Å². The fourth-order valence-electron chi connectivity index (χ4n) is 2.43. The molecule has 118 valence electrons. The van der Waals surface area contributed by atoms with E-state index < -0.39 is 16.0 Å². The van der Waals surface area contributed by atoms with E-state index in [1.165, 1.54) is 0 Å². The molecule has 1 heterocycles. The van der Waals surface area contributed by atoms with Crippen molar-refractivity contribution in [3.8, 4) is 0 Å². The van der Waals surface area contributed by atoms with Gasteiger partial charge in [-0.25, -0.2) is 8.42 Å². The molecule has 0 aromatic heterocycles. The van der Waals surface area contributed by atoms with Gasteiger partial charge in [0.2, 0.25) is 10.0 Å². The summed E-state index contributed by atoms with van der Waals surface area (Å²) < 4.78 is 31.2. The van der Waals surface area contributed by atoms with Gasteiger partial charge in [-0.1, -0.05) is 6.92 Å². The van der Waals surface area contributed by atoms with Crippen LogP contribution in [0.4, 0.5) is 0 Å². The third-order valence-electron chi connectivity index (χ3n) is 3.39. The second kappa shape index (κ2) is 8.59. The maximum atomic E-state index is 12.4. The van der Waals surface area contributed by atoms with Crippen molar-refractivity contribution < 1.29 is 17.9 Å². The molecule has 1 fully saturated rings. The Morgan fingerprint density at radius 3 is 2.50 bits per heavy atom. The molecule has 1 N–H and O–H groups in total. The fraction of sp³-hybridized carbons (Fsp3) is 0.923. The van der Waals surface area contributed by atoms with Crippen molar-refractivity contribution in [2.24, 2.45) is 0 Å². The highest BCUT2D eigenvalue weighted by Crippen LogP contribution is 2.17. The van der Waals surface area contributed by atoms with Crippen molar-refractivity contribution in [2.75, 3.05) is 32.0 Å². The maximum absolute atomic E-state index is 12.4. The summed E-state index contributed by atoms with van der Waals surface area (Å²) in [4.78, 5) is 11.3. The lowest BCUT2D eigenvalue weighted by Gasteiger charge is -2.33. The Labute approximate surface area is 121 Å². The van der Waals surface area contributed by atoms with Gasteiger partial charge in [0.1, 0.15) is 0 Å². The normalized spacial score (nSPS) is 17.4. The quantitative estimate of drug-likeness (QED) is 0.669. The molecule has 1 rings (SSSR count). The minimum atomic E-state index is -3.39. The van der Waals surface area contributed by atoms with Crippen LogP contribution in [0.15, 0.2) is 0 Å². The zero-order chi connectivity index (χ0) is 15.0. The van der Waals surface area contributed by atoms with Gasteiger partial charge in [-0.15, -0.1) is 0 Å². The number of hydrogen-bond acceptors (Lipinski definition) is 5. The van der Waals surface area contributed by atoms with Gasteiger partial charge in [0, 0.05) is 12.6 Å². The van der Waals surface area contributed by atoms with Crippen LogP contribution in [0.1, 0.15) is 39.5 Å². The summed E-state index contributed by atoms with van der Waals surface area (Å²) in [6, 6.07) is 0.0587. The van der Waals surface area contributed by atoms with Crippen molar-refractivity contribution in [2.45, 2.75) is 45.6 Å². The van der Waals surface area contributed by atoms with E-state index in [0.29, 0.717) is 6.54 Å². The monoisotopic (exact) mass is 306 g/mol. The summed E-state index contributed by atoms with van der Waals surface area (Å²) in [5, 5.41) is 3.23. The molecule has 20 heavy (non-hydrogen) atoms. The zero-order valence-corrected chi connectivity index (χ0v) is 13.2. The first-order valence-corrected chi connectivity index (χ1v) is 8.98. The molecular formula is C13H26N2O4S. The van der Waals surface area contributed by atoms with E-state index in [0.717, 1.165) is 32.4 Å². The Morgan fingerprint density at radius 2 is 1.95 bits per heavy atom. The molecule has 0 spiro atoms. The third-order valence-corrected chi connectivity index (χ3v) is 5.30. The Kier molecular flexibility index (Phi) is 7.47.